The van der Waals surface area contributed by atoms with Crippen molar-refractivity contribution in [2.24, 2.45) is 5.92 Å². The minimum absolute atomic E-state index is 0.523. The van der Waals surface area contributed by atoms with Gasteiger partial charge in [-0.1, -0.05) is 0 Å². The van der Waals surface area contributed by atoms with E-state index < -0.39 is 0 Å². The van der Waals surface area contributed by atoms with Crippen LogP contribution in [0.4, 0.5) is 0 Å². The second-order valence-electron chi connectivity index (χ2n) is 4.26. The van der Waals surface area contributed by atoms with Crippen LogP contribution in [-0.2, 0) is 9.47 Å². The molecule has 2 heterocycles. The Morgan fingerprint density at radius 3 is 2.77 bits per heavy atom. The Hall–Kier alpha value is -0.120. The van der Waals surface area contributed by atoms with Gasteiger partial charge < -0.3 is 14.4 Å². The third kappa shape index (κ3) is 3.25. The molecule has 0 radical (unpaired) electrons. The number of hydrogen-bond acceptors (Lipinski definition) is 3. The highest BCUT2D eigenvalue weighted by atomic mass is 16.6. The molecule has 0 saturated carbocycles. The standard InChI is InChI=1S/C10H19NO2/c1-11(6-10-8-13-10)5-9-3-2-4-12-7-9/h9-10H,2-8H2,1H3. The zero-order chi connectivity index (χ0) is 9.10. The van der Waals surface area contributed by atoms with E-state index in [1.165, 1.54) is 19.4 Å². The van der Waals surface area contributed by atoms with Crippen LogP contribution >= 0.6 is 0 Å². The molecule has 0 amide bonds. The molecule has 2 fully saturated rings. The summed E-state index contributed by atoms with van der Waals surface area (Å²) in [7, 11) is 2.18. The number of rotatable bonds is 4. The van der Waals surface area contributed by atoms with Crippen molar-refractivity contribution in [3.63, 3.8) is 0 Å². The molecular formula is C10H19NO2. The van der Waals surface area contributed by atoms with Gasteiger partial charge in [-0.05, 0) is 25.8 Å². The molecule has 0 N–H and O–H groups in total. The zero-order valence-corrected chi connectivity index (χ0v) is 8.37. The van der Waals surface area contributed by atoms with Crippen LogP contribution in [0.1, 0.15) is 12.8 Å². The molecule has 0 aromatic carbocycles. The average Bonchev–Trinajstić information content (AvgIpc) is 2.90. The Balaban J connectivity index is 1.62. The number of nitrogens with zero attached hydrogens (tertiary/aromatic N) is 1. The summed E-state index contributed by atoms with van der Waals surface area (Å²) in [6.45, 7) is 5.14. The van der Waals surface area contributed by atoms with Gasteiger partial charge in [-0.3, -0.25) is 0 Å². The lowest BCUT2D eigenvalue weighted by atomic mass is 10.0. The summed E-state index contributed by atoms with van der Waals surface area (Å²) < 4.78 is 10.6. The molecule has 2 aliphatic heterocycles. The number of hydrogen-bond donors (Lipinski definition) is 0. The van der Waals surface area contributed by atoms with Crippen LogP contribution in [0.15, 0.2) is 0 Å². The fourth-order valence-electron chi connectivity index (χ4n) is 1.99. The summed E-state index contributed by atoms with van der Waals surface area (Å²) in [4.78, 5) is 2.37. The second kappa shape index (κ2) is 4.40. The van der Waals surface area contributed by atoms with Gasteiger partial charge >= 0.3 is 0 Å². The fourth-order valence-corrected chi connectivity index (χ4v) is 1.99. The lowest BCUT2D eigenvalue weighted by Crippen LogP contribution is -2.33. The van der Waals surface area contributed by atoms with E-state index in [-0.39, 0.29) is 0 Å². The molecule has 0 bridgehead atoms. The monoisotopic (exact) mass is 185 g/mol. The number of ether oxygens (including phenoxy) is 2. The quantitative estimate of drug-likeness (QED) is 0.604. The highest BCUT2D eigenvalue weighted by molar-refractivity contribution is 4.75. The molecule has 0 aromatic heterocycles. The summed E-state index contributed by atoms with van der Waals surface area (Å²) in [6.07, 6.45) is 3.09. The maximum Gasteiger partial charge on any atom is 0.0936 e. The number of epoxide rings is 1. The van der Waals surface area contributed by atoms with Gasteiger partial charge in [-0.15, -0.1) is 0 Å². The first-order chi connectivity index (χ1) is 6.34. The van der Waals surface area contributed by atoms with Gasteiger partial charge in [0, 0.05) is 19.7 Å². The van der Waals surface area contributed by atoms with Crippen LogP contribution in [0.5, 0.6) is 0 Å². The van der Waals surface area contributed by atoms with Gasteiger partial charge in [-0.2, -0.15) is 0 Å². The minimum Gasteiger partial charge on any atom is -0.381 e. The summed E-state index contributed by atoms with van der Waals surface area (Å²) in [5, 5.41) is 0. The van der Waals surface area contributed by atoms with Gasteiger partial charge in [0.1, 0.15) is 0 Å². The maximum atomic E-state index is 5.45. The van der Waals surface area contributed by atoms with Crippen molar-refractivity contribution in [2.75, 3.05) is 40.0 Å². The van der Waals surface area contributed by atoms with E-state index in [2.05, 4.69) is 11.9 Å². The van der Waals surface area contributed by atoms with Crippen LogP contribution < -0.4 is 0 Å². The van der Waals surface area contributed by atoms with Crippen LogP contribution in [-0.4, -0.2) is 51.0 Å². The van der Waals surface area contributed by atoms with E-state index in [4.69, 9.17) is 9.47 Å². The normalized spacial score (nSPS) is 33.7. The van der Waals surface area contributed by atoms with Crippen LogP contribution in [0.2, 0.25) is 0 Å². The van der Waals surface area contributed by atoms with E-state index in [0.717, 1.165) is 32.3 Å². The lowest BCUT2D eigenvalue weighted by molar-refractivity contribution is 0.0413. The molecule has 2 atom stereocenters. The number of likely N-dealkylation sites (N-methyl/N-ethyl adjacent to an activating group) is 1. The third-order valence-corrected chi connectivity index (χ3v) is 2.74. The molecule has 13 heavy (non-hydrogen) atoms. The second-order valence-corrected chi connectivity index (χ2v) is 4.26. The van der Waals surface area contributed by atoms with Gasteiger partial charge in [0.25, 0.3) is 0 Å². The first kappa shape index (κ1) is 9.44. The SMILES string of the molecule is CN(CC1CCCOC1)CC1CO1. The predicted molar refractivity (Wildman–Crippen MR) is 50.8 cm³/mol. The average molecular weight is 185 g/mol. The van der Waals surface area contributed by atoms with Crippen molar-refractivity contribution in [3.8, 4) is 0 Å². The van der Waals surface area contributed by atoms with Crippen LogP contribution in [0, 0.1) is 5.92 Å². The van der Waals surface area contributed by atoms with Crippen molar-refractivity contribution >= 4 is 0 Å². The van der Waals surface area contributed by atoms with E-state index in [1.54, 1.807) is 0 Å². The summed E-state index contributed by atoms with van der Waals surface area (Å²) in [5.41, 5.74) is 0. The highest BCUT2D eigenvalue weighted by Gasteiger charge is 2.25. The van der Waals surface area contributed by atoms with Gasteiger partial charge in [0.05, 0.1) is 19.3 Å². The topological polar surface area (TPSA) is 25.0 Å². The smallest absolute Gasteiger partial charge is 0.0936 e. The van der Waals surface area contributed by atoms with Gasteiger partial charge in [0.15, 0.2) is 0 Å². The van der Waals surface area contributed by atoms with E-state index in [9.17, 15) is 0 Å². The Bertz CT molecular complexity index is 153. The lowest BCUT2D eigenvalue weighted by Gasteiger charge is -2.26. The zero-order valence-electron chi connectivity index (χ0n) is 8.37. The summed E-state index contributed by atoms with van der Waals surface area (Å²) in [6, 6.07) is 0. The molecule has 2 saturated heterocycles. The van der Waals surface area contributed by atoms with E-state index in [0.29, 0.717) is 6.10 Å². The predicted octanol–water partition coefficient (Wildman–Crippen LogP) is 0.744. The summed E-state index contributed by atoms with van der Waals surface area (Å²) in [5.74, 6) is 0.748. The van der Waals surface area contributed by atoms with Crippen molar-refractivity contribution in [1.82, 2.24) is 4.90 Å². The molecule has 76 valence electrons. The summed E-state index contributed by atoms with van der Waals surface area (Å²) >= 11 is 0. The van der Waals surface area contributed by atoms with Gasteiger partial charge in [0.2, 0.25) is 0 Å². The molecule has 3 heteroatoms. The van der Waals surface area contributed by atoms with Gasteiger partial charge in [-0.25, -0.2) is 0 Å². The first-order valence-electron chi connectivity index (χ1n) is 5.22. The molecule has 0 aromatic rings. The molecule has 2 unspecified atom stereocenters. The molecule has 2 rings (SSSR count). The van der Waals surface area contributed by atoms with Crippen molar-refractivity contribution in [2.45, 2.75) is 18.9 Å². The molecular weight excluding hydrogens is 166 g/mol. The van der Waals surface area contributed by atoms with Crippen molar-refractivity contribution < 1.29 is 9.47 Å². The fraction of sp³-hybridized carbons (Fsp3) is 1.00. The Morgan fingerprint density at radius 1 is 1.31 bits per heavy atom. The molecule has 0 spiro atoms. The van der Waals surface area contributed by atoms with E-state index >= 15 is 0 Å². The maximum absolute atomic E-state index is 5.45. The van der Waals surface area contributed by atoms with Crippen molar-refractivity contribution in [3.05, 3.63) is 0 Å². The molecule has 2 aliphatic rings. The molecule has 3 nitrogen and oxygen atoms in total. The van der Waals surface area contributed by atoms with Crippen LogP contribution in [0.25, 0.3) is 0 Å². The Labute approximate surface area is 80.0 Å². The van der Waals surface area contributed by atoms with E-state index in [1.807, 2.05) is 0 Å². The van der Waals surface area contributed by atoms with Crippen LogP contribution in [0.3, 0.4) is 0 Å². The van der Waals surface area contributed by atoms with Crippen molar-refractivity contribution in [1.29, 1.82) is 0 Å². The Morgan fingerprint density at radius 2 is 2.15 bits per heavy atom. The minimum atomic E-state index is 0.523. The Kier molecular flexibility index (Phi) is 3.19. The first-order valence-corrected chi connectivity index (χ1v) is 5.22. The largest absolute Gasteiger partial charge is 0.381 e. The molecule has 0 aliphatic carbocycles. The third-order valence-electron chi connectivity index (χ3n) is 2.74. The highest BCUT2D eigenvalue weighted by Crippen LogP contribution is 2.16.